The molecule has 0 aromatic heterocycles. The van der Waals surface area contributed by atoms with Gasteiger partial charge in [-0.15, -0.1) is 23.2 Å². The van der Waals surface area contributed by atoms with Gasteiger partial charge in [-0.05, 0) is 58.2 Å². The lowest BCUT2D eigenvalue weighted by atomic mass is 10.5. The first-order valence-electron chi connectivity index (χ1n) is 9.30. The molecule has 0 saturated heterocycles. The van der Waals surface area contributed by atoms with Gasteiger partial charge in [-0.25, -0.2) is 0 Å². The van der Waals surface area contributed by atoms with Gasteiger partial charge >= 0.3 is 0 Å². The number of hydrogen-bond donors (Lipinski definition) is 1. The first kappa shape index (κ1) is 33.5. The molecule has 0 spiro atoms. The zero-order valence-electron chi connectivity index (χ0n) is 17.7. The molecule has 0 aromatic rings. The van der Waals surface area contributed by atoms with Gasteiger partial charge in [0.1, 0.15) is 5.88 Å². The van der Waals surface area contributed by atoms with Gasteiger partial charge in [-0.1, -0.05) is 34.6 Å². The Labute approximate surface area is 176 Å². The predicted molar refractivity (Wildman–Crippen MR) is 118 cm³/mol. The van der Waals surface area contributed by atoms with Crippen molar-refractivity contribution in [1.29, 1.82) is 0 Å². The molecule has 160 valence electrons. The molecular weight excluding hydrogens is 397 g/mol. The van der Waals surface area contributed by atoms with Crippen molar-refractivity contribution in [2.45, 2.75) is 48.5 Å². The Morgan fingerprint density at radius 2 is 1.08 bits per heavy atom. The van der Waals surface area contributed by atoms with Crippen LogP contribution in [0, 0.1) is 0 Å². The molecule has 0 aliphatic heterocycles. The average molecular weight is 437 g/mol. The molecule has 1 amide bonds. The molecule has 0 fully saturated rings. The van der Waals surface area contributed by atoms with Crippen LogP contribution in [0.1, 0.15) is 48.5 Å². The van der Waals surface area contributed by atoms with Crippen molar-refractivity contribution in [2.75, 3.05) is 57.6 Å². The second-order valence-corrected chi connectivity index (χ2v) is 5.72. The molecule has 0 radical (unpaired) electrons. The molecule has 26 heavy (non-hydrogen) atoms. The fraction of sp³-hybridized carbons (Fsp3) is 0.889. The number of carbonyl (C=O) groups excluding carboxylic acids is 2. The molecule has 0 aromatic carbocycles. The van der Waals surface area contributed by atoms with E-state index in [2.05, 4.69) is 44.8 Å². The fourth-order valence-corrected chi connectivity index (χ4v) is 1.75. The van der Waals surface area contributed by atoms with Crippen LogP contribution in [-0.2, 0) is 9.59 Å². The van der Waals surface area contributed by atoms with Crippen molar-refractivity contribution >= 4 is 46.0 Å². The van der Waals surface area contributed by atoms with Crippen LogP contribution in [0.15, 0.2) is 0 Å². The second-order valence-electron chi connectivity index (χ2n) is 4.77. The number of rotatable bonds is 9. The molecule has 0 heterocycles. The van der Waals surface area contributed by atoms with Crippen LogP contribution < -0.4 is 5.32 Å². The predicted octanol–water partition coefficient (Wildman–Crippen LogP) is 4.05. The van der Waals surface area contributed by atoms with Gasteiger partial charge in [-0.3, -0.25) is 9.59 Å². The summed E-state index contributed by atoms with van der Waals surface area (Å²) in [7, 11) is 0. The summed E-state index contributed by atoms with van der Waals surface area (Å²) in [5.74, 6) is 0.0186. The number of halogens is 3. The van der Waals surface area contributed by atoms with Crippen molar-refractivity contribution in [1.82, 2.24) is 15.1 Å². The van der Waals surface area contributed by atoms with Crippen LogP contribution in [0.5, 0.6) is 0 Å². The van der Waals surface area contributed by atoms with Gasteiger partial charge in [-0.2, -0.15) is 0 Å². The molecule has 8 heteroatoms. The summed E-state index contributed by atoms with van der Waals surface area (Å²) in [5, 5.41) is 2.60. The summed E-state index contributed by atoms with van der Waals surface area (Å²) in [4.78, 5) is 24.3. The summed E-state index contributed by atoms with van der Waals surface area (Å²) in [6.07, 6.45) is 0. The zero-order valence-corrected chi connectivity index (χ0v) is 20.0. The topological polar surface area (TPSA) is 52.7 Å². The number of carbonyl (C=O) groups is 2. The molecule has 0 aliphatic rings. The Morgan fingerprint density at radius 1 is 0.731 bits per heavy atom. The van der Waals surface area contributed by atoms with E-state index in [0.717, 1.165) is 26.2 Å². The number of nitrogens with one attached hydrogen (secondary N) is 1. The minimum Gasteiger partial charge on any atom is -0.342 e. The normalized spacial score (nSPS) is 9.04. The minimum absolute atomic E-state index is 0.0154. The maximum absolute atomic E-state index is 10.8. The SMILES string of the molecule is CCN(CC)C(=O)CCl.CCN(CC)CC.CCNCC.O=C(Cl)CCl. The molecule has 5 nitrogen and oxygen atoms in total. The van der Waals surface area contributed by atoms with Crippen LogP contribution in [-0.4, -0.2) is 78.5 Å². The van der Waals surface area contributed by atoms with Crippen LogP contribution >= 0.6 is 34.8 Å². The van der Waals surface area contributed by atoms with E-state index in [4.69, 9.17) is 34.8 Å². The van der Waals surface area contributed by atoms with Crippen LogP contribution in [0.3, 0.4) is 0 Å². The molecule has 0 atom stereocenters. The van der Waals surface area contributed by atoms with Crippen molar-refractivity contribution in [3.63, 3.8) is 0 Å². The van der Waals surface area contributed by atoms with Gasteiger partial charge in [0.2, 0.25) is 11.1 Å². The van der Waals surface area contributed by atoms with Crippen molar-refractivity contribution in [2.24, 2.45) is 0 Å². The Morgan fingerprint density at radius 3 is 1.12 bits per heavy atom. The third-order valence-electron chi connectivity index (χ3n) is 3.18. The largest absolute Gasteiger partial charge is 0.342 e. The summed E-state index contributed by atoms with van der Waals surface area (Å²) < 4.78 is 0. The lowest BCUT2D eigenvalue weighted by Gasteiger charge is -2.16. The van der Waals surface area contributed by atoms with Crippen molar-refractivity contribution in [3.05, 3.63) is 0 Å². The molecule has 0 aliphatic carbocycles. The zero-order chi connectivity index (χ0) is 21.4. The molecule has 0 rings (SSSR count). The van der Waals surface area contributed by atoms with E-state index in [-0.39, 0.29) is 17.7 Å². The third-order valence-corrected chi connectivity index (χ3v) is 3.92. The highest BCUT2D eigenvalue weighted by molar-refractivity contribution is 6.67. The smallest absolute Gasteiger partial charge is 0.237 e. The average Bonchev–Trinajstić information content (AvgIpc) is 2.66. The molecule has 0 unspecified atom stereocenters. The highest BCUT2D eigenvalue weighted by atomic mass is 35.5. The van der Waals surface area contributed by atoms with Gasteiger partial charge in [0.05, 0.1) is 5.88 Å². The molecule has 0 saturated carbocycles. The Kier molecular flexibility index (Phi) is 38.3. The van der Waals surface area contributed by atoms with Crippen molar-refractivity contribution in [3.8, 4) is 0 Å². The van der Waals surface area contributed by atoms with Crippen LogP contribution in [0.2, 0.25) is 0 Å². The Bertz CT molecular complexity index is 281. The monoisotopic (exact) mass is 435 g/mol. The Hall–Kier alpha value is -0.0700. The second kappa shape index (κ2) is 29.7. The first-order chi connectivity index (χ1) is 12.3. The van der Waals surface area contributed by atoms with E-state index in [0.29, 0.717) is 0 Å². The Balaban J connectivity index is -0.000000128. The first-order valence-corrected chi connectivity index (χ1v) is 10.7. The van der Waals surface area contributed by atoms with E-state index in [9.17, 15) is 9.59 Å². The van der Waals surface area contributed by atoms with Gasteiger partial charge in [0.25, 0.3) is 0 Å². The molecule has 0 bridgehead atoms. The van der Waals surface area contributed by atoms with E-state index >= 15 is 0 Å². The highest BCUT2D eigenvalue weighted by Crippen LogP contribution is 1.89. The quantitative estimate of drug-likeness (QED) is 0.437. The third kappa shape index (κ3) is 31.7. The van der Waals surface area contributed by atoms with E-state index < -0.39 is 5.24 Å². The van der Waals surface area contributed by atoms with Crippen molar-refractivity contribution < 1.29 is 9.59 Å². The van der Waals surface area contributed by atoms with E-state index in [1.165, 1.54) is 19.6 Å². The summed E-state index contributed by atoms with van der Waals surface area (Å²) in [6, 6.07) is 0. The number of hydrogen-bond acceptors (Lipinski definition) is 4. The number of nitrogens with zero attached hydrogens (tertiary/aromatic N) is 2. The lowest BCUT2D eigenvalue weighted by molar-refractivity contribution is -0.128. The van der Waals surface area contributed by atoms with Gasteiger partial charge in [0.15, 0.2) is 0 Å². The molecule has 1 N–H and O–H groups in total. The van der Waals surface area contributed by atoms with E-state index in [1.807, 2.05) is 13.8 Å². The fourth-order valence-electron chi connectivity index (χ4n) is 1.58. The highest BCUT2D eigenvalue weighted by Gasteiger charge is 2.05. The lowest BCUT2D eigenvalue weighted by Crippen LogP contribution is -2.31. The summed E-state index contributed by atoms with van der Waals surface area (Å²) >= 11 is 14.9. The van der Waals surface area contributed by atoms with Gasteiger partial charge in [0, 0.05) is 13.1 Å². The van der Waals surface area contributed by atoms with Crippen LogP contribution in [0.4, 0.5) is 0 Å². The minimum atomic E-state index is -0.508. The number of alkyl halides is 2. The van der Waals surface area contributed by atoms with E-state index in [1.54, 1.807) is 4.90 Å². The maximum atomic E-state index is 10.8. The summed E-state index contributed by atoms with van der Waals surface area (Å²) in [5.41, 5.74) is 0. The number of amides is 1. The molecular formula is C18H40Cl3N3O2. The maximum Gasteiger partial charge on any atom is 0.237 e. The van der Waals surface area contributed by atoms with Gasteiger partial charge < -0.3 is 15.1 Å². The summed E-state index contributed by atoms with van der Waals surface area (Å²) in [6.45, 7) is 21.9. The van der Waals surface area contributed by atoms with Crippen LogP contribution in [0.25, 0.3) is 0 Å². The standard InChI is InChI=1S/C6H12ClNO.C6H15N.C4H11N.C2H2Cl2O/c1-3-8(4-2)6(9)5-7;1-4-7(5-2)6-3;1-3-5-4-2;3-1-2(4)5/h3-5H2,1-2H3;4-6H2,1-3H3;5H,3-4H2,1-2H3;1H2.